The first-order chi connectivity index (χ1) is 16.0. The number of hydrogen-bond donors (Lipinski definition) is 0. The molecular formula is C25H28N2O5S. The molecule has 0 aromatic heterocycles. The molecule has 0 aliphatic carbocycles. The summed E-state index contributed by atoms with van der Waals surface area (Å²) in [5.74, 6) is 0.624. The van der Waals surface area contributed by atoms with E-state index in [0.717, 1.165) is 49.7 Å². The van der Waals surface area contributed by atoms with E-state index in [9.17, 15) is 9.59 Å². The highest BCUT2D eigenvalue weighted by molar-refractivity contribution is 8.02. The summed E-state index contributed by atoms with van der Waals surface area (Å²) < 4.78 is 5.42. The van der Waals surface area contributed by atoms with Gasteiger partial charge in [-0.1, -0.05) is 12.1 Å². The van der Waals surface area contributed by atoms with Crippen LogP contribution in [0.5, 0.6) is 5.75 Å². The first-order valence-electron chi connectivity index (χ1n) is 11.3. The second-order valence-corrected chi connectivity index (χ2v) is 10.3. The van der Waals surface area contributed by atoms with Crippen molar-refractivity contribution in [2.24, 2.45) is 0 Å². The number of carbonyl (C=O) groups excluding carboxylic acids is 2. The van der Waals surface area contributed by atoms with Crippen LogP contribution in [0.2, 0.25) is 0 Å². The summed E-state index contributed by atoms with van der Waals surface area (Å²) in [6, 6.07) is 11.9. The van der Waals surface area contributed by atoms with E-state index in [4.69, 9.17) is 14.5 Å². The molecule has 0 saturated carbocycles. The lowest BCUT2D eigenvalue weighted by Crippen LogP contribution is -2.37. The topological polar surface area (TPSA) is 68.3 Å². The number of carbonyl (C=O) groups is 2. The highest BCUT2D eigenvalue weighted by Gasteiger charge is 2.35. The Balaban J connectivity index is 1.31. The Morgan fingerprint density at radius 2 is 1.91 bits per heavy atom. The second-order valence-electron chi connectivity index (χ2n) is 8.75. The van der Waals surface area contributed by atoms with Gasteiger partial charge in [0.2, 0.25) is 5.91 Å². The summed E-state index contributed by atoms with van der Waals surface area (Å²) in [5.41, 5.74) is 4.50. The fraction of sp³-hybridized carbons (Fsp3) is 0.440. The lowest BCUT2D eigenvalue weighted by Gasteiger charge is -2.27. The van der Waals surface area contributed by atoms with Gasteiger partial charge in [0, 0.05) is 43.5 Å². The number of nitrogens with zero attached hydrogens (tertiary/aromatic N) is 2. The molecule has 2 aromatic carbocycles. The maximum absolute atomic E-state index is 13.5. The lowest BCUT2D eigenvalue weighted by molar-refractivity contribution is -0.194. The van der Waals surface area contributed by atoms with Gasteiger partial charge in [-0.25, -0.2) is 0 Å². The lowest BCUT2D eigenvalue weighted by atomic mass is 9.95. The predicted octanol–water partition coefficient (Wildman–Crippen LogP) is 3.23. The Labute approximate surface area is 197 Å². The highest BCUT2D eigenvalue weighted by Crippen LogP contribution is 2.37. The average Bonchev–Trinajstić information content (AvgIpc) is 3.25. The van der Waals surface area contributed by atoms with Crippen LogP contribution >= 0.6 is 11.8 Å². The molecule has 0 radical (unpaired) electrons. The Morgan fingerprint density at radius 3 is 2.67 bits per heavy atom. The van der Waals surface area contributed by atoms with Gasteiger partial charge in [-0.15, -0.1) is 11.8 Å². The van der Waals surface area contributed by atoms with Crippen LogP contribution in [0.4, 0.5) is 5.69 Å². The molecule has 5 rings (SSSR count). The van der Waals surface area contributed by atoms with Gasteiger partial charge in [0.05, 0.1) is 23.7 Å². The Morgan fingerprint density at radius 1 is 1.15 bits per heavy atom. The van der Waals surface area contributed by atoms with Crippen LogP contribution in [0.25, 0.3) is 0 Å². The van der Waals surface area contributed by atoms with E-state index in [1.165, 1.54) is 17.3 Å². The van der Waals surface area contributed by atoms with E-state index < -0.39 is 0 Å². The van der Waals surface area contributed by atoms with Gasteiger partial charge in [-0.2, -0.15) is 4.89 Å². The zero-order valence-electron chi connectivity index (χ0n) is 18.9. The fourth-order valence-corrected chi connectivity index (χ4v) is 5.82. The van der Waals surface area contributed by atoms with Crippen molar-refractivity contribution in [3.05, 3.63) is 58.7 Å². The van der Waals surface area contributed by atoms with Gasteiger partial charge in [0.25, 0.3) is 0 Å². The third-order valence-electron chi connectivity index (χ3n) is 6.50. The summed E-state index contributed by atoms with van der Waals surface area (Å²) in [5, 5.41) is -0.658. The molecule has 7 nitrogen and oxygen atoms in total. The molecule has 2 atom stereocenters. The van der Waals surface area contributed by atoms with Crippen LogP contribution in [0, 0.1) is 0 Å². The molecule has 0 N–H and O–H groups in total. The van der Waals surface area contributed by atoms with Crippen LogP contribution in [0.3, 0.4) is 0 Å². The summed E-state index contributed by atoms with van der Waals surface area (Å²) >= 11 is 1.44. The highest BCUT2D eigenvalue weighted by atomic mass is 32.2. The van der Waals surface area contributed by atoms with Gasteiger partial charge < -0.3 is 14.5 Å². The average molecular weight is 469 g/mol. The van der Waals surface area contributed by atoms with Crippen molar-refractivity contribution in [2.45, 2.75) is 37.0 Å². The Bertz CT molecular complexity index is 1050. The number of benzene rings is 2. The Hall–Kier alpha value is -2.39. The number of ketones is 1. The molecule has 2 aromatic rings. The van der Waals surface area contributed by atoms with Gasteiger partial charge in [-0.05, 0) is 48.7 Å². The smallest absolute Gasteiger partial charge is 0.240 e. The van der Waals surface area contributed by atoms with Crippen LogP contribution in [0.1, 0.15) is 34.0 Å². The number of morpholine rings is 1. The first-order valence-corrected chi connectivity index (χ1v) is 12.3. The molecule has 174 valence electrons. The molecule has 1 amide bonds. The number of ether oxygens (including phenoxy) is 1. The minimum Gasteiger partial charge on any atom is -0.379 e. The third-order valence-corrected chi connectivity index (χ3v) is 7.82. The molecule has 8 heteroatoms. The van der Waals surface area contributed by atoms with E-state index in [2.05, 4.69) is 17.0 Å². The largest absolute Gasteiger partial charge is 0.379 e. The van der Waals surface area contributed by atoms with E-state index in [-0.39, 0.29) is 22.2 Å². The molecule has 3 heterocycles. The maximum atomic E-state index is 13.5. The number of amides is 1. The minimum absolute atomic E-state index is 0.00132. The van der Waals surface area contributed by atoms with E-state index in [1.54, 1.807) is 11.0 Å². The number of thioether (sulfide) groups is 1. The fourth-order valence-electron chi connectivity index (χ4n) is 4.53. The van der Waals surface area contributed by atoms with Crippen LogP contribution in [0.15, 0.2) is 36.4 Å². The maximum Gasteiger partial charge on any atom is 0.240 e. The summed E-state index contributed by atoms with van der Waals surface area (Å²) in [7, 11) is 1.81. The summed E-state index contributed by atoms with van der Waals surface area (Å²) in [4.78, 5) is 40.8. The molecule has 1 saturated heterocycles. The van der Waals surface area contributed by atoms with Crippen molar-refractivity contribution < 1.29 is 24.1 Å². The van der Waals surface area contributed by atoms with Gasteiger partial charge in [-0.3, -0.25) is 14.5 Å². The van der Waals surface area contributed by atoms with Crippen LogP contribution < -0.4 is 9.79 Å². The molecule has 1 fully saturated rings. The van der Waals surface area contributed by atoms with E-state index >= 15 is 0 Å². The predicted molar refractivity (Wildman–Crippen MR) is 127 cm³/mol. The molecule has 0 spiro atoms. The molecule has 33 heavy (non-hydrogen) atoms. The minimum atomic E-state index is -0.343. The van der Waals surface area contributed by atoms with Crippen molar-refractivity contribution in [1.29, 1.82) is 0 Å². The molecule has 0 bridgehead atoms. The van der Waals surface area contributed by atoms with E-state index in [1.807, 2.05) is 32.2 Å². The van der Waals surface area contributed by atoms with Gasteiger partial charge >= 0.3 is 0 Å². The number of Topliss-reactive ketones (excluding diaryl/α,β-unsaturated/α-hetero) is 1. The Kier molecular flexibility index (Phi) is 6.42. The van der Waals surface area contributed by atoms with Crippen molar-refractivity contribution in [3.63, 3.8) is 0 Å². The van der Waals surface area contributed by atoms with Crippen molar-refractivity contribution in [2.75, 3.05) is 38.3 Å². The number of rotatable bonds is 4. The zero-order chi connectivity index (χ0) is 22.9. The second kappa shape index (κ2) is 9.46. The quantitative estimate of drug-likeness (QED) is 0.638. The van der Waals surface area contributed by atoms with Crippen LogP contribution in [-0.2, 0) is 34.0 Å². The zero-order valence-corrected chi connectivity index (χ0v) is 19.7. The summed E-state index contributed by atoms with van der Waals surface area (Å²) in [6.45, 7) is 6.55. The van der Waals surface area contributed by atoms with Crippen molar-refractivity contribution in [1.82, 2.24) is 4.90 Å². The number of fused-ring (bicyclic) bond motifs is 2. The molecular weight excluding hydrogens is 440 g/mol. The van der Waals surface area contributed by atoms with Crippen molar-refractivity contribution >= 4 is 29.1 Å². The van der Waals surface area contributed by atoms with E-state index in [0.29, 0.717) is 24.3 Å². The molecule has 3 aliphatic rings. The van der Waals surface area contributed by atoms with Gasteiger partial charge in [0.1, 0.15) is 6.61 Å². The first kappa shape index (κ1) is 22.4. The number of anilines is 1. The van der Waals surface area contributed by atoms with Crippen molar-refractivity contribution in [3.8, 4) is 5.75 Å². The number of hydrogen-bond acceptors (Lipinski definition) is 7. The van der Waals surface area contributed by atoms with Crippen LogP contribution in [-0.4, -0.2) is 60.4 Å². The SMILES string of the molecule is C[C@@H]1S[C@@H](C(=O)N(C)c2ccc(CN3CCOCC3)cc2)Cc2cc3c(cc2C1=O)OOC3. The molecule has 0 unspecified atom stereocenters. The molecule has 3 aliphatic heterocycles. The monoisotopic (exact) mass is 468 g/mol. The standard InChI is InChI=1S/C25H28N2O5S/c1-16-24(28)21-13-22-19(15-31-32-22)11-18(21)12-23(33-16)25(29)26(2)20-5-3-17(4-6-20)14-27-7-9-30-10-8-27/h3-6,11,13,16,23H,7-10,12,14-15H2,1-2H3/t16-,23+/m0/s1. The third kappa shape index (κ3) is 4.66. The summed E-state index contributed by atoms with van der Waals surface area (Å²) in [6.07, 6.45) is 0.502. The normalized spacial score (nSPS) is 22.8. The van der Waals surface area contributed by atoms with Gasteiger partial charge in [0.15, 0.2) is 11.5 Å².